The molecule has 8 nitrogen and oxygen atoms in total. The van der Waals surface area contributed by atoms with Crippen molar-refractivity contribution in [2.45, 2.75) is 43.9 Å². The van der Waals surface area contributed by atoms with E-state index in [0.717, 1.165) is 51.3 Å². The number of ketones is 1. The first-order chi connectivity index (χ1) is 16.6. The summed E-state index contributed by atoms with van der Waals surface area (Å²) in [7, 11) is 3.31. The Labute approximate surface area is 200 Å². The van der Waals surface area contributed by atoms with Gasteiger partial charge in [-0.15, -0.1) is 0 Å². The summed E-state index contributed by atoms with van der Waals surface area (Å²) in [6.07, 6.45) is 2.73. The summed E-state index contributed by atoms with van der Waals surface area (Å²) >= 11 is 0. The number of morpholine rings is 1. The Morgan fingerprint density at radius 3 is 2.62 bits per heavy atom. The van der Waals surface area contributed by atoms with Gasteiger partial charge in [-0.05, 0) is 25.3 Å². The molecule has 34 heavy (non-hydrogen) atoms. The van der Waals surface area contributed by atoms with E-state index in [1.807, 2.05) is 29.2 Å². The highest BCUT2D eigenvalue weighted by atomic mass is 16.5. The van der Waals surface area contributed by atoms with E-state index >= 15 is 0 Å². The van der Waals surface area contributed by atoms with Crippen molar-refractivity contribution in [3.05, 3.63) is 41.2 Å². The Kier molecular flexibility index (Phi) is 6.90. The molecular formula is C26H34N2O6. The second-order valence-corrected chi connectivity index (χ2v) is 9.49. The smallest absolute Gasteiger partial charge is 0.290 e. The van der Waals surface area contributed by atoms with Crippen LogP contribution in [0.25, 0.3) is 0 Å². The Hall–Kier alpha value is -2.42. The third-order valence-electron chi connectivity index (χ3n) is 7.64. The Bertz CT molecular complexity index is 956. The number of hydrogen-bond donors (Lipinski definition) is 0. The number of nitrogens with zero attached hydrogens (tertiary/aromatic N) is 2. The van der Waals surface area contributed by atoms with Crippen molar-refractivity contribution in [2.24, 2.45) is 5.92 Å². The van der Waals surface area contributed by atoms with Gasteiger partial charge in [-0.25, -0.2) is 0 Å². The van der Waals surface area contributed by atoms with E-state index in [1.165, 1.54) is 0 Å². The van der Waals surface area contributed by atoms with Crippen molar-refractivity contribution in [2.75, 3.05) is 53.6 Å². The number of Topliss-reactive ketones (excluding diaryl/α,β-unsaturated/α-hetero) is 1. The second-order valence-electron chi connectivity index (χ2n) is 9.49. The van der Waals surface area contributed by atoms with Crippen molar-refractivity contribution in [1.82, 2.24) is 9.80 Å². The van der Waals surface area contributed by atoms with E-state index in [9.17, 15) is 9.59 Å². The molecule has 1 saturated heterocycles. The zero-order valence-corrected chi connectivity index (χ0v) is 20.0. The molecule has 1 saturated carbocycles. The summed E-state index contributed by atoms with van der Waals surface area (Å²) in [4.78, 5) is 31.6. The van der Waals surface area contributed by atoms with Gasteiger partial charge >= 0.3 is 0 Å². The van der Waals surface area contributed by atoms with Gasteiger partial charge in [0.15, 0.2) is 11.5 Å². The SMILES string of the molecule is COc1ccccc1C1C2=C(OC3CC(OC)CCC3C2=O)C(=O)N1CCCN1CCOCC1. The molecule has 5 rings (SSSR count). The van der Waals surface area contributed by atoms with Crippen molar-refractivity contribution in [1.29, 1.82) is 0 Å². The number of ether oxygens (including phenoxy) is 4. The third kappa shape index (κ3) is 4.23. The molecule has 3 heterocycles. The fourth-order valence-corrected chi connectivity index (χ4v) is 5.83. The predicted octanol–water partition coefficient (Wildman–Crippen LogP) is 2.34. The fourth-order valence-electron chi connectivity index (χ4n) is 5.83. The van der Waals surface area contributed by atoms with E-state index in [2.05, 4.69) is 4.90 Å². The average Bonchev–Trinajstić information content (AvgIpc) is 3.15. The van der Waals surface area contributed by atoms with E-state index < -0.39 is 6.04 Å². The number of methoxy groups -OCH3 is 2. The lowest BCUT2D eigenvalue weighted by atomic mass is 9.76. The van der Waals surface area contributed by atoms with Gasteiger partial charge in [0, 0.05) is 45.3 Å². The quantitative estimate of drug-likeness (QED) is 0.605. The number of carbonyl (C=O) groups is 2. The van der Waals surface area contributed by atoms with Crippen LogP contribution < -0.4 is 4.74 Å². The molecule has 0 radical (unpaired) electrons. The molecule has 4 aliphatic rings. The lowest BCUT2D eigenvalue weighted by Crippen LogP contribution is -2.43. The van der Waals surface area contributed by atoms with Crippen LogP contribution in [0.3, 0.4) is 0 Å². The minimum atomic E-state index is -0.489. The van der Waals surface area contributed by atoms with Crippen molar-refractivity contribution in [3.63, 3.8) is 0 Å². The molecule has 8 heteroatoms. The zero-order valence-electron chi connectivity index (χ0n) is 20.0. The maximum atomic E-state index is 13.8. The summed E-state index contributed by atoms with van der Waals surface area (Å²) in [5.41, 5.74) is 1.33. The van der Waals surface area contributed by atoms with Crippen LogP contribution in [0.2, 0.25) is 0 Å². The largest absolute Gasteiger partial charge is 0.496 e. The van der Waals surface area contributed by atoms with Crippen LogP contribution in [0.5, 0.6) is 5.75 Å². The molecule has 0 aromatic heterocycles. The van der Waals surface area contributed by atoms with E-state index in [4.69, 9.17) is 18.9 Å². The van der Waals surface area contributed by atoms with Crippen LogP contribution in [0.4, 0.5) is 0 Å². The first-order valence-corrected chi connectivity index (χ1v) is 12.3. The normalized spacial score (nSPS) is 29.6. The number of para-hydroxylation sites is 1. The van der Waals surface area contributed by atoms with Crippen LogP contribution in [-0.4, -0.2) is 87.3 Å². The predicted molar refractivity (Wildman–Crippen MR) is 124 cm³/mol. The van der Waals surface area contributed by atoms with Crippen molar-refractivity contribution in [3.8, 4) is 5.75 Å². The standard InChI is InChI=1S/C26H34N2O6/c1-31-17-8-9-19-21(16-17)34-25-22(24(19)29)23(18-6-3-4-7-20(18)32-2)28(26(25)30)11-5-10-27-12-14-33-15-13-27/h3-4,6-7,17,19,21,23H,5,8-16H2,1-2H3. The van der Waals surface area contributed by atoms with E-state index in [0.29, 0.717) is 30.7 Å². The molecule has 3 aliphatic heterocycles. The summed E-state index contributed by atoms with van der Waals surface area (Å²) in [5, 5.41) is 0. The summed E-state index contributed by atoms with van der Waals surface area (Å²) in [5.74, 6) is 0.513. The minimum absolute atomic E-state index is 0.0424. The molecule has 4 atom stereocenters. The molecule has 4 unspecified atom stereocenters. The zero-order chi connectivity index (χ0) is 23.7. The molecule has 1 aromatic carbocycles. The van der Waals surface area contributed by atoms with Gasteiger partial charge in [-0.3, -0.25) is 14.5 Å². The van der Waals surface area contributed by atoms with Crippen molar-refractivity contribution >= 4 is 11.7 Å². The number of rotatable bonds is 7. The number of benzene rings is 1. The summed E-state index contributed by atoms with van der Waals surface area (Å²) < 4.78 is 22.9. The van der Waals surface area contributed by atoms with Gasteiger partial charge in [0.1, 0.15) is 11.9 Å². The van der Waals surface area contributed by atoms with Crippen LogP contribution in [0.1, 0.15) is 37.3 Å². The minimum Gasteiger partial charge on any atom is -0.496 e. The van der Waals surface area contributed by atoms with Gasteiger partial charge in [0.25, 0.3) is 5.91 Å². The van der Waals surface area contributed by atoms with Crippen LogP contribution >= 0.6 is 0 Å². The van der Waals surface area contributed by atoms with Crippen LogP contribution in [-0.2, 0) is 23.8 Å². The second kappa shape index (κ2) is 10.1. The highest BCUT2D eigenvalue weighted by molar-refractivity contribution is 6.11. The van der Waals surface area contributed by atoms with E-state index in [1.54, 1.807) is 14.2 Å². The monoisotopic (exact) mass is 470 g/mol. The Balaban J connectivity index is 1.44. The first-order valence-electron chi connectivity index (χ1n) is 12.3. The highest BCUT2D eigenvalue weighted by Gasteiger charge is 2.53. The third-order valence-corrected chi connectivity index (χ3v) is 7.64. The van der Waals surface area contributed by atoms with Crippen LogP contribution in [0, 0.1) is 5.92 Å². The first kappa shape index (κ1) is 23.3. The van der Waals surface area contributed by atoms with Gasteiger partial charge in [0.05, 0.1) is 44.0 Å². The number of carbonyl (C=O) groups excluding carboxylic acids is 2. The Morgan fingerprint density at radius 1 is 1.06 bits per heavy atom. The van der Waals surface area contributed by atoms with Gasteiger partial charge in [-0.1, -0.05) is 18.2 Å². The lowest BCUT2D eigenvalue weighted by molar-refractivity contribution is -0.138. The molecule has 1 aromatic rings. The lowest BCUT2D eigenvalue weighted by Gasteiger charge is -2.38. The van der Waals surface area contributed by atoms with Gasteiger partial charge in [-0.2, -0.15) is 0 Å². The van der Waals surface area contributed by atoms with Crippen LogP contribution in [0.15, 0.2) is 35.6 Å². The van der Waals surface area contributed by atoms with E-state index in [-0.39, 0.29) is 35.6 Å². The highest BCUT2D eigenvalue weighted by Crippen LogP contribution is 2.48. The summed E-state index contributed by atoms with van der Waals surface area (Å²) in [6, 6.07) is 7.16. The van der Waals surface area contributed by atoms with Crippen molar-refractivity contribution < 1.29 is 28.5 Å². The molecular weight excluding hydrogens is 436 g/mol. The average molecular weight is 471 g/mol. The molecule has 0 bridgehead atoms. The molecule has 0 N–H and O–H groups in total. The van der Waals surface area contributed by atoms with Gasteiger partial charge < -0.3 is 23.8 Å². The number of fused-ring (bicyclic) bond motifs is 1. The maximum absolute atomic E-state index is 13.8. The summed E-state index contributed by atoms with van der Waals surface area (Å²) in [6.45, 7) is 4.73. The topological polar surface area (TPSA) is 77.5 Å². The molecule has 184 valence electrons. The molecule has 2 fully saturated rings. The molecule has 1 amide bonds. The maximum Gasteiger partial charge on any atom is 0.290 e. The fraction of sp³-hybridized carbons (Fsp3) is 0.615. The Morgan fingerprint density at radius 2 is 1.85 bits per heavy atom. The number of amides is 1. The number of hydrogen-bond acceptors (Lipinski definition) is 7. The molecule has 0 spiro atoms. The van der Waals surface area contributed by atoms with Gasteiger partial charge in [0.2, 0.25) is 0 Å². The molecule has 1 aliphatic carbocycles.